The molecule has 0 aliphatic heterocycles. The highest BCUT2D eigenvalue weighted by Crippen LogP contribution is 2.35. The number of phenols is 5. The van der Waals surface area contributed by atoms with Gasteiger partial charge in [0.05, 0.1) is 0 Å². The number of hydrogen-bond acceptors (Lipinski definition) is 5. The number of aromatic hydroxyl groups is 5. The smallest absolute Gasteiger partial charge is 0.125 e. The van der Waals surface area contributed by atoms with E-state index in [9.17, 15) is 25.5 Å². The third kappa shape index (κ3) is 3.56. The fourth-order valence-electron chi connectivity index (χ4n) is 3.37. The molecule has 0 unspecified atom stereocenters. The van der Waals surface area contributed by atoms with Gasteiger partial charge >= 0.3 is 0 Å². The fourth-order valence-corrected chi connectivity index (χ4v) is 3.37. The van der Waals surface area contributed by atoms with Crippen LogP contribution in [0.15, 0.2) is 36.4 Å². The van der Waals surface area contributed by atoms with Crippen LogP contribution in [0.4, 0.5) is 0 Å². The van der Waals surface area contributed by atoms with Crippen molar-refractivity contribution in [2.24, 2.45) is 0 Å². The molecule has 28 heavy (non-hydrogen) atoms. The molecule has 0 aliphatic carbocycles. The fraction of sp³-hybridized carbons (Fsp3) is 0.217. The molecule has 146 valence electrons. The van der Waals surface area contributed by atoms with Crippen LogP contribution in [-0.4, -0.2) is 25.5 Å². The van der Waals surface area contributed by atoms with E-state index in [4.69, 9.17) is 0 Å². The van der Waals surface area contributed by atoms with Gasteiger partial charge in [-0.05, 0) is 60.7 Å². The summed E-state index contributed by atoms with van der Waals surface area (Å²) >= 11 is 0. The molecule has 5 N–H and O–H groups in total. The summed E-state index contributed by atoms with van der Waals surface area (Å²) < 4.78 is 0. The number of benzene rings is 3. The third-order valence-electron chi connectivity index (χ3n) is 5.19. The highest BCUT2D eigenvalue weighted by Gasteiger charge is 2.15. The first-order valence-electron chi connectivity index (χ1n) is 9.01. The molecule has 3 aromatic rings. The zero-order valence-corrected chi connectivity index (χ0v) is 16.1. The van der Waals surface area contributed by atoms with Gasteiger partial charge in [0, 0.05) is 24.0 Å². The molecule has 3 rings (SSSR count). The molecular weight excluding hydrogens is 356 g/mol. The first kappa shape index (κ1) is 19.4. The Labute approximate surface area is 163 Å². The van der Waals surface area contributed by atoms with Gasteiger partial charge in [0.15, 0.2) is 0 Å². The van der Waals surface area contributed by atoms with Crippen molar-refractivity contribution < 1.29 is 25.5 Å². The van der Waals surface area contributed by atoms with Crippen molar-refractivity contribution in [3.8, 4) is 28.7 Å². The van der Waals surface area contributed by atoms with E-state index in [0.717, 1.165) is 5.56 Å². The Morgan fingerprint density at radius 1 is 0.571 bits per heavy atom. The monoisotopic (exact) mass is 380 g/mol. The summed E-state index contributed by atoms with van der Waals surface area (Å²) in [6, 6.07) is 10.1. The van der Waals surface area contributed by atoms with Gasteiger partial charge in [-0.3, -0.25) is 0 Å². The van der Waals surface area contributed by atoms with Gasteiger partial charge in [-0.25, -0.2) is 0 Å². The maximum absolute atomic E-state index is 10.5. The lowest BCUT2D eigenvalue weighted by atomic mass is 9.94. The van der Waals surface area contributed by atoms with Crippen LogP contribution in [-0.2, 0) is 12.8 Å². The van der Waals surface area contributed by atoms with Crippen molar-refractivity contribution in [3.05, 3.63) is 75.3 Å². The van der Waals surface area contributed by atoms with E-state index in [2.05, 4.69) is 0 Å². The molecule has 0 fully saturated rings. The van der Waals surface area contributed by atoms with Crippen LogP contribution < -0.4 is 0 Å². The summed E-state index contributed by atoms with van der Waals surface area (Å²) in [4.78, 5) is 0. The predicted molar refractivity (Wildman–Crippen MR) is 107 cm³/mol. The average Bonchev–Trinajstić information content (AvgIpc) is 2.66. The van der Waals surface area contributed by atoms with Crippen molar-refractivity contribution >= 4 is 0 Å². The highest BCUT2D eigenvalue weighted by atomic mass is 16.3. The second-order valence-electron chi connectivity index (χ2n) is 7.21. The molecule has 0 saturated heterocycles. The molecule has 0 atom stereocenters. The Balaban J connectivity index is 1.98. The van der Waals surface area contributed by atoms with Crippen molar-refractivity contribution in [2.75, 3.05) is 0 Å². The van der Waals surface area contributed by atoms with Gasteiger partial charge in [-0.15, -0.1) is 0 Å². The van der Waals surface area contributed by atoms with Crippen LogP contribution >= 0.6 is 0 Å². The summed E-state index contributed by atoms with van der Waals surface area (Å²) in [5, 5.41) is 50.5. The largest absolute Gasteiger partial charge is 0.508 e. The maximum Gasteiger partial charge on any atom is 0.125 e. The van der Waals surface area contributed by atoms with E-state index < -0.39 is 0 Å². The second kappa shape index (κ2) is 7.35. The molecule has 0 saturated carbocycles. The van der Waals surface area contributed by atoms with Crippen molar-refractivity contribution in [2.45, 2.75) is 33.6 Å². The first-order valence-corrected chi connectivity index (χ1v) is 9.01. The molecule has 0 radical (unpaired) electrons. The van der Waals surface area contributed by atoms with E-state index in [1.54, 1.807) is 39.0 Å². The van der Waals surface area contributed by atoms with Crippen molar-refractivity contribution in [3.63, 3.8) is 0 Å². The van der Waals surface area contributed by atoms with E-state index in [0.29, 0.717) is 46.2 Å². The summed E-state index contributed by atoms with van der Waals surface area (Å²) in [6.07, 6.45) is 0.732. The van der Waals surface area contributed by atoms with E-state index in [-0.39, 0.29) is 28.7 Å². The molecule has 0 heterocycles. The molecule has 5 nitrogen and oxygen atoms in total. The molecule has 0 amide bonds. The first-order chi connectivity index (χ1) is 13.2. The van der Waals surface area contributed by atoms with Crippen LogP contribution in [0.1, 0.15) is 38.9 Å². The Morgan fingerprint density at radius 3 is 1.61 bits per heavy atom. The molecule has 5 heteroatoms. The van der Waals surface area contributed by atoms with Gasteiger partial charge in [0.2, 0.25) is 0 Å². The zero-order chi connectivity index (χ0) is 20.6. The van der Waals surface area contributed by atoms with E-state index in [1.807, 2.05) is 12.1 Å². The maximum atomic E-state index is 10.5. The lowest BCUT2D eigenvalue weighted by Crippen LogP contribution is -1.97. The van der Waals surface area contributed by atoms with Gasteiger partial charge in [0.1, 0.15) is 28.7 Å². The van der Waals surface area contributed by atoms with Crippen molar-refractivity contribution in [1.82, 2.24) is 0 Å². The van der Waals surface area contributed by atoms with Crippen LogP contribution in [0.3, 0.4) is 0 Å². The average molecular weight is 380 g/mol. The van der Waals surface area contributed by atoms with Crippen LogP contribution in [0.25, 0.3) is 0 Å². The molecule has 3 aromatic carbocycles. The van der Waals surface area contributed by atoms with Crippen LogP contribution in [0.2, 0.25) is 0 Å². The molecule has 0 aromatic heterocycles. The second-order valence-corrected chi connectivity index (χ2v) is 7.21. The topological polar surface area (TPSA) is 101 Å². The summed E-state index contributed by atoms with van der Waals surface area (Å²) in [5.41, 5.74) is 4.33. The lowest BCUT2D eigenvalue weighted by Gasteiger charge is -2.14. The van der Waals surface area contributed by atoms with Gasteiger partial charge in [0.25, 0.3) is 0 Å². The van der Waals surface area contributed by atoms with Gasteiger partial charge in [-0.1, -0.05) is 24.3 Å². The Kier molecular flexibility index (Phi) is 5.10. The minimum absolute atomic E-state index is 0.00857. The summed E-state index contributed by atoms with van der Waals surface area (Å²) in [5.74, 6) is 0.281. The Bertz CT molecular complexity index is 1050. The minimum atomic E-state index is 0.00857. The van der Waals surface area contributed by atoms with Crippen LogP contribution in [0.5, 0.6) is 28.7 Å². The minimum Gasteiger partial charge on any atom is -0.508 e. The normalized spacial score (nSPS) is 11.0. The summed E-state index contributed by atoms with van der Waals surface area (Å²) in [7, 11) is 0. The van der Waals surface area contributed by atoms with Crippen molar-refractivity contribution in [1.29, 1.82) is 0 Å². The van der Waals surface area contributed by atoms with Gasteiger partial charge in [-0.2, -0.15) is 0 Å². The van der Waals surface area contributed by atoms with Gasteiger partial charge < -0.3 is 25.5 Å². The molecule has 0 aliphatic rings. The van der Waals surface area contributed by atoms with Crippen LogP contribution in [0, 0.1) is 20.8 Å². The third-order valence-corrected chi connectivity index (χ3v) is 5.19. The molecule has 0 spiro atoms. The number of aryl methyl sites for hydroxylation is 1. The quantitative estimate of drug-likeness (QED) is 0.464. The summed E-state index contributed by atoms with van der Waals surface area (Å²) in [6.45, 7) is 5.08. The SMILES string of the molecule is Cc1cc(Cc2ccc(O)c(C)c2O)cc(Cc2ccc(O)c(C)c2O)c1O. The Morgan fingerprint density at radius 2 is 1.07 bits per heavy atom. The number of phenolic OH excluding ortho intramolecular Hbond substituents is 5. The lowest BCUT2D eigenvalue weighted by molar-refractivity contribution is 0.438. The predicted octanol–water partition coefficient (Wildman–Crippen LogP) is 4.32. The number of hydrogen-bond donors (Lipinski definition) is 5. The number of rotatable bonds is 4. The van der Waals surface area contributed by atoms with E-state index >= 15 is 0 Å². The molecular formula is C23H24O5. The van der Waals surface area contributed by atoms with E-state index in [1.165, 1.54) is 6.07 Å². The zero-order valence-electron chi connectivity index (χ0n) is 16.1. The standard InChI is InChI=1S/C23H24O5/c1-12-8-15(9-16-4-6-19(24)13(2)22(16)27)10-18(21(12)26)11-17-5-7-20(25)14(3)23(17)28/h4-8,10,24-28H,9,11H2,1-3H3. The molecule has 0 bridgehead atoms. The highest BCUT2D eigenvalue weighted by molar-refractivity contribution is 5.54. The Hall–Kier alpha value is -3.34.